The van der Waals surface area contributed by atoms with E-state index in [0.29, 0.717) is 23.8 Å². The van der Waals surface area contributed by atoms with Gasteiger partial charge in [-0.3, -0.25) is 9.47 Å². The number of aromatic nitrogens is 4. The molecule has 9 heteroatoms. The molecule has 1 aliphatic carbocycles. The highest BCUT2D eigenvalue weighted by Crippen LogP contribution is 2.36. The fourth-order valence-electron chi connectivity index (χ4n) is 6.47. The van der Waals surface area contributed by atoms with E-state index in [9.17, 15) is 9.90 Å². The van der Waals surface area contributed by atoms with Gasteiger partial charge in [-0.05, 0) is 50.3 Å². The molecule has 3 heterocycles. The molecule has 1 saturated carbocycles. The molecule has 2 aliphatic rings. The highest BCUT2D eigenvalue weighted by atomic mass is 35.5. The van der Waals surface area contributed by atoms with Gasteiger partial charge in [0.25, 0.3) is 0 Å². The van der Waals surface area contributed by atoms with Crippen molar-refractivity contribution in [1.82, 2.24) is 24.0 Å². The number of aryl methyl sites for hydroxylation is 1. The lowest BCUT2D eigenvalue weighted by atomic mass is 9.91. The van der Waals surface area contributed by atoms with Gasteiger partial charge in [-0.15, -0.1) is 0 Å². The third-order valence-corrected chi connectivity index (χ3v) is 8.59. The monoisotopic (exact) mass is 526 g/mol. The second-order valence-corrected chi connectivity index (χ2v) is 12.0. The Kier molecular flexibility index (Phi) is 7.11. The second-order valence-electron chi connectivity index (χ2n) is 11.5. The molecule has 8 nitrogen and oxygen atoms in total. The predicted molar refractivity (Wildman–Crippen MR) is 148 cm³/mol. The molecule has 1 aromatic carbocycles. The SMILES string of the molecule is CC(C)[C@H](c1ccc(Cl)cc1)N1C[C@H](C)N(c2nc(=O)n(C)c3c2ncn3CC2(O)CCCC2)C[C@H]1C. The minimum Gasteiger partial charge on any atom is -0.388 e. The zero-order valence-electron chi connectivity index (χ0n) is 22.6. The fraction of sp³-hybridized carbons (Fsp3) is 0.607. The van der Waals surface area contributed by atoms with Crippen molar-refractivity contribution in [2.45, 2.75) is 83.6 Å². The van der Waals surface area contributed by atoms with Crippen molar-refractivity contribution in [2.24, 2.45) is 13.0 Å². The van der Waals surface area contributed by atoms with Crippen LogP contribution in [-0.2, 0) is 13.6 Å². The maximum Gasteiger partial charge on any atom is 0.350 e. The quantitative estimate of drug-likeness (QED) is 0.513. The molecule has 200 valence electrons. The van der Waals surface area contributed by atoms with Gasteiger partial charge in [0, 0.05) is 43.3 Å². The molecule has 37 heavy (non-hydrogen) atoms. The Hall–Kier alpha value is -2.42. The number of halogens is 1. The van der Waals surface area contributed by atoms with Gasteiger partial charge in [0.05, 0.1) is 18.5 Å². The van der Waals surface area contributed by atoms with E-state index in [1.165, 1.54) is 5.56 Å². The number of hydrogen-bond donors (Lipinski definition) is 1. The Balaban J connectivity index is 1.47. The van der Waals surface area contributed by atoms with E-state index in [1.54, 1.807) is 17.9 Å². The third-order valence-electron chi connectivity index (χ3n) is 8.33. The van der Waals surface area contributed by atoms with Crippen LogP contribution < -0.4 is 10.6 Å². The van der Waals surface area contributed by atoms with E-state index in [4.69, 9.17) is 16.6 Å². The van der Waals surface area contributed by atoms with Gasteiger partial charge < -0.3 is 14.6 Å². The number of nitrogens with zero attached hydrogens (tertiary/aromatic N) is 6. The van der Waals surface area contributed by atoms with Gasteiger partial charge in [-0.25, -0.2) is 9.78 Å². The first kappa shape index (κ1) is 26.2. The van der Waals surface area contributed by atoms with Crippen LogP contribution in [0.1, 0.15) is 65.0 Å². The molecule has 1 aliphatic heterocycles. The van der Waals surface area contributed by atoms with Crippen LogP contribution in [0.2, 0.25) is 5.02 Å². The topological polar surface area (TPSA) is 79.4 Å². The van der Waals surface area contributed by atoms with Crippen molar-refractivity contribution < 1.29 is 5.11 Å². The van der Waals surface area contributed by atoms with Crippen LogP contribution in [0.5, 0.6) is 0 Å². The molecule has 0 radical (unpaired) electrons. The lowest BCUT2D eigenvalue weighted by Crippen LogP contribution is -2.58. The Morgan fingerprint density at radius 2 is 1.78 bits per heavy atom. The summed E-state index contributed by atoms with van der Waals surface area (Å²) in [5.41, 5.74) is 1.66. The Morgan fingerprint density at radius 1 is 1.11 bits per heavy atom. The number of piperazine rings is 1. The largest absolute Gasteiger partial charge is 0.388 e. The number of aliphatic hydroxyl groups is 1. The molecule has 5 rings (SSSR count). The van der Waals surface area contributed by atoms with Crippen molar-refractivity contribution in [2.75, 3.05) is 18.0 Å². The molecule has 0 spiro atoms. The summed E-state index contributed by atoms with van der Waals surface area (Å²) in [6.45, 7) is 11.0. The van der Waals surface area contributed by atoms with E-state index >= 15 is 0 Å². The second kappa shape index (κ2) is 10.0. The standard InChI is InChI=1S/C28H39ClN6O2/c1-18(2)24(21-8-10-22(29)11-9-21)34-14-20(4)35(15-19(34)3)25-23-26(32(5)27(36)31-25)33(17-30-23)16-28(37)12-6-7-13-28/h8-11,17-20,24,37H,6-7,12-16H2,1-5H3/t19-,20+,24-/m1/s1. The van der Waals surface area contributed by atoms with Crippen molar-refractivity contribution in [3.05, 3.63) is 51.7 Å². The number of hydrogen-bond acceptors (Lipinski definition) is 6. The smallest absolute Gasteiger partial charge is 0.350 e. The Bertz CT molecular complexity index is 1310. The van der Waals surface area contributed by atoms with Crippen LogP contribution >= 0.6 is 11.6 Å². The van der Waals surface area contributed by atoms with Crippen molar-refractivity contribution >= 4 is 28.6 Å². The van der Waals surface area contributed by atoms with E-state index in [-0.39, 0.29) is 23.8 Å². The van der Waals surface area contributed by atoms with Gasteiger partial charge in [0.1, 0.15) is 11.2 Å². The molecule has 3 atom stereocenters. The molecule has 1 N–H and O–H groups in total. The van der Waals surface area contributed by atoms with Crippen molar-refractivity contribution in [3.8, 4) is 0 Å². The minimum atomic E-state index is -0.742. The van der Waals surface area contributed by atoms with E-state index < -0.39 is 5.60 Å². The van der Waals surface area contributed by atoms with Crippen LogP contribution in [0.4, 0.5) is 5.82 Å². The summed E-state index contributed by atoms with van der Waals surface area (Å²) in [7, 11) is 1.74. The summed E-state index contributed by atoms with van der Waals surface area (Å²) in [4.78, 5) is 27.1. The fourth-order valence-corrected chi connectivity index (χ4v) is 6.60. The van der Waals surface area contributed by atoms with Crippen LogP contribution in [0.3, 0.4) is 0 Å². The first-order chi connectivity index (χ1) is 17.6. The summed E-state index contributed by atoms with van der Waals surface area (Å²) in [5.74, 6) is 1.06. The Labute approximate surface area is 223 Å². The summed E-state index contributed by atoms with van der Waals surface area (Å²) in [6.07, 6.45) is 5.37. The minimum absolute atomic E-state index is 0.136. The van der Waals surface area contributed by atoms with Gasteiger partial charge >= 0.3 is 5.69 Å². The van der Waals surface area contributed by atoms with Gasteiger partial charge in [0.15, 0.2) is 5.82 Å². The maximum atomic E-state index is 13.0. The molecule has 2 fully saturated rings. The molecule has 3 aromatic rings. The summed E-state index contributed by atoms with van der Waals surface area (Å²) >= 11 is 6.17. The first-order valence-corrected chi connectivity index (χ1v) is 13.9. The number of anilines is 1. The molecule has 1 saturated heterocycles. The summed E-state index contributed by atoms with van der Waals surface area (Å²) in [5, 5.41) is 11.8. The van der Waals surface area contributed by atoms with Crippen LogP contribution in [0.15, 0.2) is 35.4 Å². The highest BCUT2D eigenvalue weighted by Gasteiger charge is 2.38. The highest BCUT2D eigenvalue weighted by molar-refractivity contribution is 6.30. The molecule has 0 amide bonds. The summed E-state index contributed by atoms with van der Waals surface area (Å²) in [6, 6.07) is 8.84. The van der Waals surface area contributed by atoms with E-state index in [1.807, 2.05) is 16.7 Å². The first-order valence-electron chi connectivity index (χ1n) is 13.5. The number of imidazole rings is 1. The van der Waals surface area contributed by atoms with E-state index in [0.717, 1.165) is 49.4 Å². The van der Waals surface area contributed by atoms with Crippen LogP contribution in [-0.4, -0.2) is 59.9 Å². The zero-order valence-corrected chi connectivity index (χ0v) is 23.3. The zero-order chi connectivity index (χ0) is 26.5. The maximum absolute atomic E-state index is 13.0. The lowest BCUT2D eigenvalue weighted by molar-refractivity contribution is 0.0307. The normalized spacial score (nSPS) is 23.3. The molecule has 0 unspecified atom stereocenters. The summed E-state index contributed by atoms with van der Waals surface area (Å²) < 4.78 is 3.50. The molecule has 0 bridgehead atoms. The third kappa shape index (κ3) is 4.91. The van der Waals surface area contributed by atoms with Gasteiger partial charge in [0.2, 0.25) is 0 Å². The van der Waals surface area contributed by atoms with Crippen LogP contribution in [0, 0.1) is 5.92 Å². The number of fused-ring (bicyclic) bond motifs is 1. The predicted octanol–water partition coefficient (Wildman–Crippen LogP) is 4.38. The number of rotatable bonds is 6. The lowest BCUT2D eigenvalue weighted by Gasteiger charge is -2.49. The molecular weight excluding hydrogens is 488 g/mol. The van der Waals surface area contributed by atoms with E-state index in [2.05, 4.69) is 54.6 Å². The van der Waals surface area contributed by atoms with Crippen molar-refractivity contribution in [1.29, 1.82) is 0 Å². The number of benzene rings is 1. The van der Waals surface area contributed by atoms with Gasteiger partial charge in [-0.2, -0.15) is 4.98 Å². The average Bonchev–Trinajstić information content (AvgIpc) is 3.46. The molecular formula is C28H39ClN6O2. The van der Waals surface area contributed by atoms with Crippen LogP contribution in [0.25, 0.3) is 11.2 Å². The van der Waals surface area contributed by atoms with Gasteiger partial charge in [-0.1, -0.05) is 50.4 Å². The molecule has 2 aromatic heterocycles. The van der Waals surface area contributed by atoms with Crippen molar-refractivity contribution in [3.63, 3.8) is 0 Å². The Morgan fingerprint density at radius 3 is 2.43 bits per heavy atom. The average molecular weight is 527 g/mol.